The van der Waals surface area contributed by atoms with Crippen LogP contribution < -0.4 is 10.1 Å². The average Bonchev–Trinajstić information content (AvgIpc) is 3.25. The number of aromatic nitrogens is 2. The van der Waals surface area contributed by atoms with Gasteiger partial charge in [-0.25, -0.2) is 4.98 Å². The number of aryl methyl sites for hydroxylation is 2. The van der Waals surface area contributed by atoms with Gasteiger partial charge in [0.05, 0.1) is 23.7 Å². The second-order valence-corrected chi connectivity index (χ2v) is 7.49. The van der Waals surface area contributed by atoms with Gasteiger partial charge >= 0.3 is 0 Å². The molecule has 6 heteroatoms. The van der Waals surface area contributed by atoms with E-state index in [4.69, 9.17) is 4.74 Å². The third kappa shape index (κ3) is 4.68. The highest BCUT2D eigenvalue weighted by atomic mass is 16.5. The first kappa shape index (κ1) is 20.9. The van der Waals surface area contributed by atoms with E-state index in [0.29, 0.717) is 16.9 Å². The van der Waals surface area contributed by atoms with Crippen LogP contribution in [0.3, 0.4) is 0 Å². The summed E-state index contributed by atoms with van der Waals surface area (Å²) in [6, 6.07) is 22.3. The van der Waals surface area contributed by atoms with Gasteiger partial charge in [-0.1, -0.05) is 30.3 Å². The van der Waals surface area contributed by atoms with Crippen molar-refractivity contribution in [1.82, 2.24) is 9.55 Å². The van der Waals surface area contributed by atoms with Crippen LogP contribution in [0, 0.1) is 18.3 Å². The van der Waals surface area contributed by atoms with E-state index in [0.717, 1.165) is 28.1 Å². The topological polar surface area (TPSA) is 79.9 Å². The van der Waals surface area contributed by atoms with Crippen molar-refractivity contribution in [2.24, 2.45) is 7.05 Å². The van der Waals surface area contributed by atoms with Gasteiger partial charge in [0.1, 0.15) is 12.4 Å². The molecular weight excluding hydrogens is 400 g/mol. The molecule has 3 aromatic carbocycles. The van der Waals surface area contributed by atoms with Crippen LogP contribution in [0.5, 0.6) is 5.75 Å². The molecule has 158 valence electrons. The molecule has 1 N–H and O–H groups in total. The second-order valence-electron chi connectivity index (χ2n) is 7.49. The summed E-state index contributed by atoms with van der Waals surface area (Å²) >= 11 is 0. The summed E-state index contributed by atoms with van der Waals surface area (Å²) < 4.78 is 7.67. The lowest BCUT2D eigenvalue weighted by molar-refractivity contribution is 0.102. The Morgan fingerprint density at radius 3 is 2.62 bits per heavy atom. The van der Waals surface area contributed by atoms with Gasteiger partial charge in [0.15, 0.2) is 0 Å². The lowest BCUT2D eigenvalue weighted by Gasteiger charge is -2.11. The molecule has 0 radical (unpaired) electrons. The van der Waals surface area contributed by atoms with Gasteiger partial charge in [0, 0.05) is 35.6 Å². The van der Waals surface area contributed by atoms with Crippen molar-refractivity contribution in [2.45, 2.75) is 13.5 Å². The van der Waals surface area contributed by atoms with Gasteiger partial charge in [0.2, 0.25) is 0 Å². The van der Waals surface area contributed by atoms with Crippen molar-refractivity contribution in [2.75, 3.05) is 5.32 Å². The van der Waals surface area contributed by atoms with Crippen LogP contribution in [0.25, 0.3) is 11.3 Å². The summed E-state index contributed by atoms with van der Waals surface area (Å²) in [6.45, 7) is 2.24. The van der Waals surface area contributed by atoms with Gasteiger partial charge in [0.25, 0.3) is 5.91 Å². The Morgan fingerprint density at radius 1 is 1.12 bits per heavy atom. The van der Waals surface area contributed by atoms with Crippen molar-refractivity contribution in [3.63, 3.8) is 0 Å². The maximum absolute atomic E-state index is 12.8. The highest BCUT2D eigenvalue weighted by Gasteiger charge is 2.11. The molecule has 1 heterocycles. The van der Waals surface area contributed by atoms with E-state index >= 15 is 0 Å². The molecule has 0 saturated carbocycles. The molecule has 1 aromatic heterocycles. The zero-order chi connectivity index (χ0) is 22.5. The van der Waals surface area contributed by atoms with Crippen LogP contribution in [0.15, 0.2) is 79.3 Å². The van der Waals surface area contributed by atoms with Crippen LogP contribution in [-0.4, -0.2) is 15.5 Å². The minimum absolute atomic E-state index is 0.201. The van der Waals surface area contributed by atoms with Gasteiger partial charge < -0.3 is 14.6 Å². The van der Waals surface area contributed by atoms with Gasteiger partial charge in [-0.15, -0.1) is 0 Å². The highest BCUT2D eigenvalue weighted by molar-refractivity contribution is 6.05. The maximum atomic E-state index is 12.8. The lowest BCUT2D eigenvalue weighted by atomic mass is 10.1. The Balaban J connectivity index is 1.44. The predicted octanol–water partition coefficient (Wildman–Crippen LogP) is 5.10. The number of anilines is 1. The first-order valence-corrected chi connectivity index (χ1v) is 10.1. The largest absolute Gasteiger partial charge is 0.489 e. The first-order valence-electron chi connectivity index (χ1n) is 10.1. The number of imidazole rings is 1. The monoisotopic (exact) mass is 422 g/mol. The van der Waals surface area contributed by atoms with Gasteiger partial charge in [-0.2, -0.15) is 5.26 Å². The summed E-state index contributed by atoms with van der Waals surface area (Å²) in [5, 5.41) is 12.2. The average molecular weight is 422 g/mol. The van der Waals surface area contributed by atoms with E-state index < -0.39 is 0 Å². The third-order valence-corrected chi connectivity index (χ3v) is 5.14. The molecule has 0 unspecified atom stereocenters. The lowest BCUT2D eigenvalue weighted by Crippen LogP contribution is -2.12. The third-order valence-electron chi connectivity index (χ3n) is 5.14. The number of benzene rings is 3. The minimum atomic E-state index is -0.201. The Labute approximate surface area is 186 Å². The van der Waals surface area contributed by atoms with Crippen LogP contribution >= 0.6 is 0 Å². The number of ether oxygens (including phenoxy) is 1. The fourth-order valence-corrected chi connectivity index (χ4v) is 3.29. The van der Waals surface area contributed by atoms with Crippen molar-refractivity contribution in [3.05, 3.63) is 102 Å². The van der Waals surface area contributed by atoms with E-state index in [1.165, 1.54) is 0 Å². The zero-order valence-corrected chi connectivity index (χ0v) is 17.9. The van der Waals surface area contributed by atoms with E-state index in [-0.39, 0.29) is 12.5 Å². The Morgan fingerprint density at radius 2 is 1.91 bits per heavy atom. The molecule has 0 fully saturated rings. The minimum Gasteiger partial charge on any atom is -0.489 e. The quantitative estimate of drug-likeness (QED) is 0.469. The van der Waals surface area contributed by atoms with Crippen LogP contribution in [0.4, 0.5) is 5.69 Å². The molecule has 1 amide bonds. The Bertz CT molecular complexity index is 1300. The molecule has 4 rings (SSSR count). The standard InChI is InChI=1S/C26H22N4O2/c1-18-7-8-20(25-15-30(2)17-28-25)13-24(18)29-26(31)19-9-11-23(12-10-19)32-16-22-6-4-3-5-21(22)14-27/h3-13,15,17H,16H2,1-2H3,(H,29,31). The molecule has 0 bridgehead atoms. The van der Waals surface area contributed by atoms with Crippen molar-refractivity contribution in [3.8, 4) is 23.1 Å². The zero-order valence-electron chi connectivity index (χ0n) is 17.9. The molecule has 0 saturated heterocycles. The number of nitrogens with zero attached hydrogens (tertiary/aromatic N) is 3. The SMILES string of the molecule is Cc1ccc(-c2cn(C)cn2)cc1NC(=O)c1ccc(OCc2ccccc2C#N)cc1. The second kappa shape index (κ2) is 9.19. The van der Waals surface area contributed by atoms with Crippen molar-refractivity contribution in [1.29, 1.82) is 5.26 Å². The number of hydrogen-bond acceptors (Lipinski definition) is 4. The first-order chi connectivity index (χ1) is 15.5. The molecule has 4 aromatic rings. The number of nitrogens with one attached hydrogen (secondary N) is 1. The van der Waals surface area contributed by atoms with Crippen molar-refractivity contribution < 1.29 is 9.53 Å². The fourth-order valence-electron chi connectivity index (χ4n) is 3.29. The molecule has 0 spiro atoms. The molecule has 0 atom stereocenters. The number of amides is 1. The number of hydrogen-bond donors (Lipinski definition) is 1. The molecule has 0 aliphatic carbocycles. The van der Waals surface area contributed by atoms with E-state index in [9.17, 15) is 10.1 Å². The summed E-state index contributed by atoms with van der Waals surface area (Å²) in [5.41, 5.74) is 5.43. The molecule has 0 aliphatic heterocycles. The van der Waals surface area contributed by atoms with Crippen LogP contribution in [0.1, 0.15) is 27.0 Å². The number of nitriles is 1. The number of carbonyl (C=O) groups is 1. The summed E-state index contributed by atoms with van der Waals surface area (Å²) in [4.78, 5) is 17.2. The van der Waals surface area contributed by atoms with Crippen molar-refractivity contribution >= 4 is 11.6 Å². The number of carbonyl (C=O) groups excluding carboxylic acids is 1. The van der Waals surface area contributed by atoms with Gasteiger partial charge in [-0.05, 0) is 48.9 Å². The smallest absolute Gasteiger partial charge is 0.255 e. The predicted molar refractivity (Wildman–Crippen MR) is 123 cm³/mol. The highest BCUT2D eigenvalue weighted by Crippen LogP contribution is 2.25. The van der Waals surface area contributed by atoms with Crippen LogP contribution in [0.2, 0.25) is 0 Å². The van der Waals surface area contributed by atoms with Crippen LogP contribution in [-0.2, 0) is 13.7 Å². The Kier molecular flexibility index (Phi) is 6.00. The summed E-state index contributed by atoms with van der Waals surface area (Å²) in [5.74, 6) is 0.426. The summed E-state index contributed by atoms with van der Waals surface area (Å²) in [7, 11) is 1.92. The molecule has 32 heavy (non-hydrogen) atoms. The number of rotatable bonds is 6. The van der Waals surface area contributed by atoms with E-state index in [2.05, 4.69) is 16.4 Å². The van der Waals surface area contributed by atoms with Gasteiger partial charge in [-0.3, -0.25) is 4.79 Å². The maximum Gasteiger partial charge on any atom is 0.255 e. The Hall–Kier alpha value is -4.37. The van der Waals surface area contributed by atoms with E-state index in [1.54, 1.807) is 36.7 Å². The normalized spacial score (nSPS) is 10.4. The molecular formula is C26H22N4O2. The summed E-state index contributed by atoms with van der Waals surface area (Å²) in [6.07, 6.45) is 3.68. The molecule has 6 nitrogen and oxygen atoms in total. The van der Waals surface area contributed by atoms with E-state index in [1.807, 2.05) is 61.1 Å². The fraction of sp³-hybridized carbons (Fsp3) is 0.115. The molecule has 0 aliphatic rings.